The van der Waals surface area contributed by atoms with Gasteiger partial charge in [0.1, 0.15) is 0 Å². The molecule has 5 heteroatoms. The summed E-state index contributed by atoms with van der Waals surface area (Å²) < 4.78 is 36.3. The molecular formula is C10H11BrF3N. The highest BCUT2D eigenvalue weighted by Crippen LogP contribution is 2.18. The van der Waals surface area contributed by atoms with Crippen molar-refractivity contribution in [3.05, 3.63) is 34.3 Å². The van der Waals surface area contributed by atoms with Crippen LogP contribution in [0.4, 0.5) is 13.2 Å². The average Bonchev–Trinajstić information content (AvgIpc) is 2.14. The molecule has 1 N–H and O–H groups in total. The maximum atomic E-state index is 11.8. The van der Waals surface area contributed by atoms with Crippen molar-refractivity contribution in [1.29, 1.82) is 0 Å². The topological polar surface area (TPSA) is 12.0 Å². The minimum atomic E-state index is -4.08. The first kappa shape index (κ1) is 12.5. The van der Waals surface area contributed by atoms with E-state index in [4.69, 9.17) is 0 Å². The Balaban J connectivity index is 2.23. The number of hydrogen-bond acceptors (Lipinski definition) is 1. The SMILES string of the molecule is FC(F)(F)CCNCc1ccc(Br)cc1. The summed E-state index contributed by atoms with van der Waals surface area (Å²) in [5.41, 5.74) is 0.973. The number of rotatable bonds is 4. The Bertz CT molecular complexity index is 295. The molecule has 0 bridgehead atoms. The van der Waals surface area contributed by atoms with Crippen LogP contribution in [-0.4, -0.2) is 12.7 Å². The lowest BCUT2D eigenvalue weighted by molar-refractivity contribution is -0.133. The first-order valence-electron chi connectivity index (χ1n) is 4.49. The van der Waals surface area contributed by atoms with Gasteiger partial charge in [0.2, 0.25) is 0 Å². The van der Waals surface area contributed by atoms with Crippen molar-refractivity contribution in [3.8, 4) is 0 Å². The fourth-order valence-corrected chi connectivity index (χ4v) is 1.33. The third-order valence-corrected chi connectivity index (χ3v) is 2.36. The van der Waals surface area contributed by atoms with Gasteiger partial charge in [0.25, 0.3) is 0 Å². The second-order valence-electron chi connectivity index (χ2n) is 3.17. The Morgan fingerprint density at radius 3 is 2.27 bits per heavy atom. The van der Waals surface area contributed by atoms with Crippen molar-refractivity contribution >= 4 is 15.9 Å². The zero-order chi connectivity index (χ0) is 11.3. The molecule has 0 heterocycles. The number of nitrogens with one attached hydrogen (secondary N) is 1. The van der Waals surface area contributed by atoms with E-state index in [0.717, 1.165) is 10.0 Å². The third kappa shape index (κ3) is 5.79. The van der Waals surface area contributed by atoms with Gasteiger partial charge in [0.05, 0.1) is 6.42 Å². The summed E-state index contributed by atoms with van der Waals surface area (Å²) >= 11 is 3.28. The van der Waals surface area contributed by atoms with Gasteiger partial charge in [-0.25, -0.2) is 0 Å². The van der Waals surface area contributed by atoms with E-state index in [0.29, 0.717) is 6.54 Å². The Morgan fingerprint density at radius 2 is 1.73 bits per heavy atom. The summed E-state index contributed by atoms with van der Waals surface area (Å²) in [5, 5.41) is 2.74. The number of hydrogen-bond donors (Lipinski definition) is 1. The van der Waals surface area contributed by atoms with Crippen LogP contribution in [0.3, 0.4) is 0 Å². The Labute approximate surface area is 94.8 Å². The molecule has 0 amide bonds. The summed E-state index contributed by atoms with van der Waals surface area (Å²) in [7, 11) is 0. The molecule has 0 unspecified atom stereocenters. The summed E-state index contributed by atoms with van der Waals surface area (Å²) in [6, 6.07) is 7.46. The molecule has 15 heavy (non-hydrogen) atoms. The summed E-state index contributed by atoms with van der Waals surface area (Å²) in [6.07, 6.45) is -4.86. The van der Waals surface area contributed by atoms with E-state index in [-0.39, 0.29) is 6.54 Å². The maximum absolute atomic E-state index is 11.8. The summed E-state index contributed by atoms with van der Waals surface area (Å²) in [4.78, 5) is 0. The number of alkyl halides is 3. The highest BCUT2D eigenvalue weighted by Gasteiger charge is 2.25. The Kier molecular flexibility index (Phi) is 4.60. The largest absolute Gasteiger partial charge is 0.390 e. The van der Waals surface area contributed by atoms with Gasteiger partial charge >= 0.3 is 6.18 Å². The normalized spacial score (nSPS) is 11.7. The summed E-state index contributed by atoms with van der Waals surface area (Å²) in [5.74, 6) is 0. The molecule has 0 saturated carbocycles. The molecule has 0 atom stereocenters. The fourth-order valence-electron chi connectivity index (χ4n) is 1.07. The van der Waals surface area contributed by atoms with Gasteiger partial charge in [0.15, 0.2) is 0 Å². The molecule has 1 nitrogen and oxygen atoms in total. The predicted octanol–water partition coefficient (Wildman–Crippen LogP) is 3.49. The molecular weight excluding hydrogens is 271 g/mol. The van der Waals surface area contributed by atoms with Crippen molar-refractivity contribution in [1.82, 2.24) is 5.32 Å². The van der Waals surface area contributed by atoms with E-state index < -0.39 is 12.6 Å². The molecule has 0 fully saturated rings. The molecule has 0 aliphatic rings. The van der Waals surface area contributed by atoms with Gasteiger partial charge in [-0.05, 0) is 17.7 Å². The van der Waals surface area contributed by atoms with Crippen molar-refractivity contribution in [2.24, 2.45) is 0 Å². The van der Waals surface area contributed by atoms with Crippen LogP contribution in [-0.2, 0) is 6.54 Å². The summed E-state index contributed by atoms with van der Waals surface area (Å²) in [6.45, 7) is 0.420. The van der Waals surface area contributed by atoms with E-state index in [9.17, 15) is 13.2 Å². The highest BCUT2D eigenvalue weighted by atomic mass is 79.9. The highest BCUT2D eigenvalue weighted by molar-refractivity contribution is 9.10. The molecule has 1 rings (SSSR count). The monoisotopic (exact) mass is 281 g/mol. The van der Waals surface area contributed by atoms with Crippen LogP contribution in [0.25, 0.3) is 0 Å². The quantitative estimate of drug-likeness (QED) is 0.833. The fraction of sp³-hybridized carbons (Fsp3) is 0.400. The van der Waals surface area contributed by atoms with E-state index in [1.54, 1.807) is 0 Å². The van der Waals surface area contributed by atoms with Gasteiger partial charge in [0, 0.05) is 17.6 Å². The van der Waals surface area contributed by atoms with Crippen molar-refractivity contribution in [3.63, 3.8) is 0 Å². The van der Waals surface area contributed by atoms with Gasteiger partial charge < -0.3 is 5.32 Å². The van der Waals surface area contributed by atoms with Crippen molar-refractivity contribution in [2.45, 2.75) is 19.1 Å². The average molecular weight is 282 g/mol. The molecule has 0 radical (unpaired) electrons. The minimum absolute atomic E-state index is 0.0421. The predicted molar refractivity (Wildman–Crippen MR) is 56.5 cm³/mol. The van der Waals surface area contributed by atoms with E-state index >= 15 is 0 Å². The Morgan fingerprint density at radius 1 is 1.13 bits per heavy atom. The second kappa shape index (κ2) is 5.51. The molecule has 0 saturated heterocycles. The first-order valence-corrected chi connectivity index (χ1v) is 5.28. The maximum Gasteiger partial charge on any atom is 0.390 e. The lowest BCUT2D eigenvalue weighted by Gasteiger charge is -2.07. The smallest absolute Gasteiger partial charge is 0.312 e. The lowest BCUT2D eigenvalue weighted by atomic mass is 10.2. The molecule has 0 aliphatic carbocycles. The van der Waals surface area contributed by atoms with Crippen LogP contribution in [0.15, 0.2) is 28.7 Å². The zero-order valence-electron chi connectivity index (χ0n) is 7.94. The standard InChI is InChI=1S/C10H11BrF3N/c11-9-3-1-8(2-4-9)7-15-6-5-10(12,13)14/h1-4,15H,5-7H2. The molecule has 84 valence electrons. The van der Waals surface area contributed by atoms with Crippen LogP contribution in [0, 0.1) is 0 Å². The Hall–Kier alpha value is -0.550. The van der Waals surface area contributed by atoms with Crippen molar-refractivity contribution in [2.75, 3.05) is 6.54 Å². The molecule has 0 aromatic heterocycles. The first-order chi connectivity index (χ1) is 6.97. The lowest BCUT2D eigenvalue weighted by Crippen LogP contribution is -2.21. The van der Waals surface area contributed by atoms with Gasteiger partial charge in [-0.1, -0.05) is 28.1 Å². The second-order valence-corrected chi connectivity index (χ2v) is 4.08. The molecule has 0 spiro atoms. The van der Waals surface area contributed by atoms with Crippen LogP contribution >= 0.6 is 15.9 Å². The van der Waals surface area contributed by atoms with Gasteiger partial charge in [-0.2, -0.15) is 13.2 Å². The van der Waals surface area contributed by atoms with Gasteiger partial charge in [-0.3, -0.25) is 0 Å². The van der Waals surface area contributed by atoms with Crippen LogP contribution in [0.5, 0.6) is 0 Å². The molecule has 0 aliphatic heterocycles. The third-order valence-electron chi connectivity index (χ3n) is 1.83. The van der Waals surface area contributed by atoms with Gasteiger partial charge in [-0.15, -0.1) is 0 Å². The number of benzene rings is 1. The van der Waals surface area contributed by atoms with Crippen LogP contribution in [0.2, 0.25) is 0 Å². The molecule has 1 aromatic carbocycles. The molecule has 1 aromatic rings. The number of halogens is 4. The van der Waals surface area contributed by atoms with Crippen LogP contribution < -0.4 is 5.32 Å². The minimum Gasteiger partial charge on any atom is -0.312 e. The van der Waals surface area contributed by atoms with E-state index in [2.05, 4.69) is 21.2 Å². The van der Waals surface area contributed by atoms with Crippen molar-refractivity contribution < 1.29 is 13.2 Å². The van der Waals surface area contributed by atoms with E-state index in [1.165, 1.54) is 0 Å². The zero-order valence-corrected chi connectivity index (χ0v) is 9.53. The van der Waals surface area contributed by atoms with E-state index in [1.807, 2.05) is 24.3 Å². The van der Waals surface area contributed by atoms with Crippen LogP contribution in [0.1, 0.15) is 12.0 Å².